The van der Waals surface area contributed by atoms with Crippen molar-refractivity contribution >= 4 is 11.9 Å². The molecule has 1 aromatic rings. The van der Waals surface area contributed by atoms with E-state index in [1.807, 2.05) is 13.8 Å². The maximum Gasteiger partial charge on any atom is 0.410 e. The van der Waals surface area contributed by atoms with Gasteiger partial charge in [-0.15, -0.1) is 0 Å². The molecule has 0 saturated carbocycles. The third kappa shape index (κ3) is 2.83. The summed E-state index contributed by atoms with van der Waals surface area (Å²) in [5, 5.41) is 3.52. The zero-order valence-corrected chi connectivity index (χ0v) is 14.5. The molecule has 0 radical (unpaired) electrons. The number of fused-ring (bicyclic) bond motifs is 3. The first kappa shape index (κ1) is 15.7. The molecule has 2 unspecified atom stereocenters. The maximum absolute atomic E-state index is 12.1. The number of carbonyl (C=O) groups is 1. The fourth-order valence-electron chi connectivity index (χ4n) is 4.13. The Morgan fingerprint density at radius 2 is 2.04 bits per heavy atom. The van der Waals surface area contributed by atoms with Crippen molar-refractivity contribution < 1.29 is 9.53 Å². The lowest BCUT2D eigenvalue weighted by atomic mass is 10.1. The molecule has 1 amide bonds. The molecule has 0 aromatic carbocycles. The highest BCUT2D eigenvalue weighted by molar-refractivity contribution is 5.68. The van der Waals surface area contributed by atoms with Gasteiger partial charge in [-0.05, 0) is 38.3 Å². The number of nitrogens with one attached hydrogen (secondary N) is 1. The fourth-order valence-corrected chi connectivity index (χ4v) is 4.13. The zero-order valence-electron chi connectivity index (χ0n) is 14.5. The van der Waals surface area contributed by atoms with Crippen LogP contribution in [-0.2, 0) is 17.7 Å². The van der Waals surface area contributed by atoms with Gasteiger partial charge in [-0.3, -0.25) is 0 Å². The van der Waals surface area contributed by atoms with E-state index in [1.165, 1.54) is 12.8 Å². The molecular weight excluding hydrogens is 304 g/mol. The number of anilines is 1. The number of hydrogen-bond donors (Lipinski definition) is 1. The molecule has 130 valence electrons. The molecule has 4 rings (SSSR count). The number of rotatable bonds is 2. The Hall–Kier alpha value is -1.82. The summed E-state index contributed by atoms with van der Waals surface area (Å²) in [6.45, 7) is 7.16. The second-order valence-corrected chi connectivity index (χ2v) is 7.33. The van der Waals surface area contributed by atoms with E-state index in [0.717, 1.165) is 36.6 Å². The van der Waals surface area contributed by atoms with E-state index < -0.39 is 0 Å². The average molecular weight is 330 g/mol. The van der Waals surface area contributed by atoms with Crippen LogP contribution in [0.25, 0.3) is 0 Å². The molecule has 4 heterocycles. The van der Waals surface area contributed by atoms with Crippen molar-refractivity contribution in [3.05, 3.63) is 23.4 Å². The number of amides is 1. The molecule has 2 atom stereocenters. The van der Waals surface area contributed by atoms with Gasteiger partial charge in [-0.1, -0.05) is 6.07 Å². The molecule has 1 N–H and O–H groups in total. The molecule has 1 aromatic heterocycles. The number of pyridine rings is 1. The van der Waals surface area contributed by atoms with Gasteiger partial charge in [0, 0.05) is 43.8 Å². The molecule has 3 aliphatic heterocycles. The van der Waals surface area contributed by atoms with Crippen LogP contribution in [0, 0.1) is 0 Å². The number of piperazine rings is 1. The van der Waals surface area contributed by atoms with E-state index in [0.29, 0.717) is 25.2 Å². The van der Waals surface area contributed by atoms with Crippen molar-refractivity contribution in [3.8, 4) is 0 Å². The normalized spacial score (nSPS) is 25.8. The second kappa shape index (κ2) is 6.24. The first-order valence-electron chi connectivity index (χ1n) is 9.05. The Kier molecular flexibility index (Phi) is 4.08. The van der Waals surface area contributed by atoms with Crippen LogP contribution in [0.1, 0.15) is 37.9 Å². The quantitative estimate of drug-likeness (QED) is 0.898. The highest BCUT2D eigenvalue weighted by Crippen LogP contribution is 2.32. The Bertz CT molecular complexity index is 617. The third-order valence-electron chi connectivity index (χ3n) is 5.27. The van der Waals surface area contributed by atoms with Crippen molar-refractivity contribution in [2.45, 2.75) is 57.8 Å². The van der Waals surface area contributed by atoms with Crippen LogP contribution in [0.2, 0.25) is 0 Å². The molecule has 2 saturated heterocycles. The summed E-state index contributed by atoms with van der Waals surface area (Å²) in [5.41, 5.74) is 2.28. The Morgan fingerprint density at radius 1 is 1.29 bits per heavy atom. The van der Waals surface area contributed by atoms with Gasteiger partial charge >= 0.3 is 6.09 Å². The first-order valence-corrected chi connectivity index (χ1v) is 9.05. The van der Waals surface area contributed by atoms with Gasteiger partial charge in [0.05, 0.1) is 12.6 Å². The van der Waals surface area contributed by atoms with Gasteiger partial charge in [0.2, 0.25) is 0 Å². The summed E-state index contributed by atoms with van der Waals surface area (Å²) in [4.78, 5) is 21.3. The zero-order chi connectivity index (χ0) is 16.7. The van der Waals surface area contributed by atoms with E-state index in [-0.39, 0.29) is 12.2 Å². The van der Waals surface area contributed by atoms with E-state index >= 15 is 0 Å². The van der Waals surface area contributed by atoms with Crippen LogP contribution in [0.4, 0.5) is 10.6 Å². The molecule has 2 fully saturated rings. The van der Waals surface area contributed by atoms with Crippen LogP contribution in [0.3, 0.4) is 0 Å². The summed E-state index contributed by atoms with van der Waals surface area (Å²) < 4.78 is 5.31. The minimum Gasteiger partial charge on any atom is -0.447 e. The number of carbonyl (C=O) groups excluding carboxylic acids is 1. The second-order valence-electron chi connectivity index (χ2n) is 7.33. The summed E-state index contributed by atoms with van der Waals surface area (Å²) in [6, 6.07) is 5.44. The molecule has 0 spiro atoms. The van der Waals surface area contributed by atoms with Crippen molar-refractivity contribution in [1.29, 1.82) is 0 Å². The minimum absolute atomic E-state index is 0.0809. The van der Waals surface area contributed by atoms with Gasteiger partial charge in [-0.25, -0.2) is 9.78 Å². The van der Waals surface area contributed by atoms with Crippen LogP contribution in [-0.4, -0.2) is 53.8 Å². The van der Waals surface area contributed by atoms with Crippen LogP contribution in [0.15, 0.2) is 12.1 Å². The Labute approximate surface area is 143 Å². The largest absolute Gasteiger partial charge is 0.447 e. The van der Waals surface area contributed by atoms with Gasteiger partial charge in [0.1, 0.15) is 5.82 Å². The number of ether oxygens (including phenoxy) is 1. The van der Waals surface area contributed by atoms with Crippen molar-refractivity contribution in [2.75, 3.05) is 24.5 Å². The number of nitrogens with zero attached hydrogens (tertiary/aromatic N) is 3. The summed E-state index contributed by atoms with van der Waals surface area (Å²) in [5.74, 6) is 1.11. The van der Waals surface area contributed by atoms with Gasteiger partial charge in [-0.2, -0.15) is 0 Å². The van der Waals surface area contributed by atoms with Crippen LogP contribution >= 0.6 is 0 Å². The van der Waals surface area contributed by atoms with Crippen molar-refractivity contribution in [1.82, 2.24) is 15.2 Å². The lowest BCUT2D eigenvalue weighted by Crippen LogP contribution is -2.52. The van der Waals surface area contributed by atoms with Gasteiger partial charge in [0.25, 0.3) is 0 Å². The smallest absolute Gasteiger partial charge is 0.410 e. The monoisotopic (exact) mass is 330 g/mol. The molecule has 6 heteroatoms. The van der Waals surface area contributed by atoms with Gasteiger partial charge < -0.3 is 19.9 Å². The van der Waals surface area contributed by atoms with Crippen LogP contribution in [0.5, 0.6) is 0 Å². The minimum atomic E-state index is -0.222. The van der Waals surface area contributed by atoms with Crippen molar-refractivity contribution in [2.24, 2.45) is 0 Å². The lowest BCUT2D eigenvalue weighted by Gasteiger charge is -2.37. The predicted octanol–water partition coefficient (Wildman–Crippen LogP) is 1.93. The third-order valence-corrected chi connectivity index (χ3v) is 5.27. The Balaban J connectivity index is 1.50. The fraction of sp³-hybridized carbons (Fsp3) is 0.667. The molecule has 0 aliphatic carbocycles. The van der Waals surface area contributed by atoms with E-state index in [2.05, 4.69) is 22.3 Å². The van der Waals surface area contributed by atoms with E-state index in [1.54, 1.807) is 4.90 Å². The lowest BCUT2D eigenvalue weighted by molar-refractivity contribution is 0.0728. The van der Waals surface area contributed by atoms with E-state index in [4.69, 9.17) is 9.72 Å². The van der Waals surface area contributed by atoms with E-state index in [9.17, 15) is 4.79 Å². The summed E-state index contributed by atoms with van der Waals surface area (Å²) in [7, 11) is 0. The molecule has 6 nitrogen and oxygen atoms in total. The highest BCUT2D eigenvalue weighted by Gasteiger charge is 2.37. The van der Waals surface area contributed by atoms with Crippen molar-refractivity contribution in [3.63, 3.8) is 0 Å². The standard InChI is InChI=1S/C18H26N4O2/c1-12(2)24-18(23)21-8-7-16-13(11-21)3-6-17(20-16)22-14-4-5-15(22)10-19-9-14/h3,6,12,14-15,19H,4-5,7-11H2,1-2H3. The number of hydrogen-bond acceptors (Lipinski definition) is 5. The van der Waals surface area contributed by atoms with Crippen LogP contribution < -0.4 is 10.2 Å². The molecule has 24 heavy (non-hydrogen) atoms. The highest BCUT2D eigenvalue weighted by atomic mass is 16.6. The molecular formula is C18H26N4O2. The summed E-state index contributed by atoms with van der Waals surface area (Å²) in [6.07, 6.45) is 3.01. The average Bonchev–Trinajstić information content (AvgIpc) is 2.82. The molecule has 3 aliphatic rings. The molecule has 2 bridgehead atoms. The topological polar surface area (TPSA) is 57.7 Å². The van der Waals surface area contributed by atoms with Gasteiger partial charge in [0.15, 0.2) is 0 Å². The Morgan fingerprint density at radius 3 is 2.75 bits per heavy atom. The first-order chi connectivity index (χ1) is 11.6. The predicted molar refractivity (Wildman–Crippen MR) is 92.1 cm³/mol. The number of aromatic nitrogens is 1. The maximum atomic E-state index is 12.1. The summed E-state index contributed by atoms with van der Waals surface area (Å²) >= 11 is 0. The SMILES string of the molecule is CC(C)OC(=O)N1CCc2nc(N3C4CCC3CNC4)ccc2C1.